The number of aromatic nitrogens is 2. The Morgan fingerprint density at radius 1 is 0.871 bits per heavy atom. The highest BCUT2D eigenvalue weighted by atomic mass is 16.5. The summed E-state index contributed by atoms with van der Waals surface area (Å²) in [7, 11) is 0. The number of hydrogen-bond donors (Lipinski definition) is 1. The van der Waals surface area contributed by atoms with Crippen LogP contribution in [0.1, 0.15) is 23.1 Å². The number of imidazole rings is 1. The largest absolute Gasteiger partial charge is 0.486 e. The molecule has 0 aliphatic rings. The zero-order valence-corrected chi connectivity index (χ0v) is 17.1. The zero-order valence-electron chi connectivity index (χ0n) is 17.1. The van der Waals surface area contributed by atoms with Crippen LogP contribution in [0.3, 0.4) is 0 Å². The predicted molar refractivity (Wildman–Crippen MR) is 117 cm³/mol. The number of nitrogens with one attached hydrogen (secondary N) is 1. The average Bonchev–Trinajstić information content (AvgIpc) is 3.29. The molecule has 0 amide bonds. The van der Waals surface area contributed by atoms with Crippen LogP contribution in [0.5, 0.6) is 17.2 Å². The summed E-state index contributed by atoms with van der Waals surface area (Å²) in [6.45, 7) is 2.50. The molecule has 0 atom stereocenters. The summed E-state index contributed by atoms with van der Waals surface area (Å²) in [5, 5.41) is 0. The number of aromatic amines is 1. The summed E-state index contributed by atoms with van der Waals surface area (Å²) in [6, 6.07) is 24.1. The second kappa shape index (κ2) is 9.63. The maximum Gasteiger partial charge on any atom is 0.338 e. The van der Waals surface area contributed by atoms with Crippen LogP contribution < -0.4 is 9.47 Å². The summed E-state index contributed by atoms with van der Waals surface area (Å²) in [6.07, 6.45) is 1.85. The van der Waals surface area contributed by atoms with Gasteiger partial charge in [0.15, 0.2) is 0 Å². The first kappa shape index (κ1) is 20.2. The molecule has 6 heteroatoms. The van der Waals surface area contributed by atoms with E-state index in [0.29, 0.717) is 30.3 Å². The highest BCUT2D eigenvalue weighted by molar-refractivity contribution is 5.89. The third kappa shape index (κ3) is 5.30. The predicted octanol–water partition coefficient (Wildman–Crippen LogP) is 5.62. The standard InChI is InChI=1S/C25H22N2O4/c1-2-29-25(28)19-10-14-22(15-11-19)31-21-12-8-18(9-13-21)23-16-26-24(27-23)17-30-20-6-4-3-5-7-20/h3-16H,2,17H2,1H3,(H,26,27). The number of nitrogens with zero attached hydrogens (tertiary/aromatic N) is 1. The molecular formula is C25H22N2O4. The number of carbonyl (C=O) groups is 1. The van der Waals surface area contributed by atoms with E-state index in [9.17, 15) is 4.79 Å². The second-order valence-corrected chi connectivity index (χ2v) is 6.71. The minimum Gasteiger partial charge on any atom is -0.486 e. The Balaban J connectivity index is 1.36. The van der Waals surface area contributed by atoms with Crippen molar-refractivity contribution in [3.63, 3.8) is 0 Å². The first-order valence-corrected chi connectivity index (χ1v) is 9.99. The molecule has 0 radical (unpaired) electrons. The third-order valence-electron chi connectivity index (χ3n) is 4.50. The molecule has 3 aromatic carbocycles. The van der Waals surface area contributed by atoms with Crippen molar-refractivity contribution in [3.05, 3.63) is 96.4 Å². The minimum absolute atomic E-state index is 0.342. The Bertz CT molecular complexity index is 1120. The van der Waals surface area contributed by atoms with Crippen LogP contribution in [-0.4, -0.2) is 22.5 Å². The van der Waals surface area contributed by atoms with Crippen molar-refractivity contribution in [1.82, 2.24) is 9.97 Å². The summed E-state index contributed by atoms with van der Waals surface area (Å²) in [4.78, 5) is 19.5. The SMILES string of the molecule is CCOC(=O)c1ccc(Oc2ccc(-c3c[nH]c(COc4ccccc4)n3)cc2)cc1. The van der Waals surface area contributed by atoms with Crippen molar-refractivity contribution in [2.24, 2.45) is 0 Å². The number of hydrogen-bond acceptors (Lipinski definition) is 5. The van der Waals surface area contributed by atoms with Gasteiger partial charge in [-0.1, -0.05) is 18.2 Å². The van der Waals surface area contributed by atoms with E-state index in [0.717, 1.165) is 22.8 Å². The molecule has 0 saturated carbocycles. The first-order valence-electron chi connectivity index (χ1n) is 9.99. The molecule has 0 fully saturated rings. The fourth-order valence-electron chi connectivity index (χ4n) is 2.96. The van der Waals surface area contributed by atoms with Gasteiger partial charge in [0.05, 0.1) is 17.9 Å². The molecule has 0 unspecified atom stereocenters. The molecule has 1 N–H and O–H groups in total. The lowest BCUT2D eigenvalue weighted by Gasteiger charge is -2.07. The van der Waals surface area contributed by atoms with E-state index in [1.807, 2.05) is 60.8 Å². The number of rotatable bonds is 8. The van der Waals surface area contributed by atoms with Crippen molar-refractivity contribution in [1.29, 1.82) is 0 Å². The maximum absolute atomic E-state index is 11.7. The monoisotopic (exact) mass is 414 g/mol. The molecule has 0 aliphatic carbocycles. The fraction of sp³-hybridized carbons (Fsp3) is 0.120. The van der Waals surface area contributed by atoms with E-state index < -0.39 is 0 Å². The van der Waals surface area contributed by atoms with Gasteiger partial charge in [0.25, 0.3) is 0 Å². The van der Waals surface area contributed by atoms with Crippen molar-refractivity contribution in [2.45, 2.75) is 13.5 Å². The van der Waals surface area contributed by atoms with Crippen LogP contribution in [0.2, 0.25) is 0 Å². The Labute approximate surface area is 180 Å². The molecule has 4 aromatic rings. The molecule has 0 aliphatic heterocycles. The summed E-state index contributed by atoms with van der Waals surface area (Å²) in [5.41, 5.74) is 2.29. The molecule has 6 nitrogen and oxygen atoms in total. The number of esters is 1. The van der Waals surface area contributed by atoms with Crippen LogP contribution in [-0.2, 0) is 11.3 Å². The summed E-state index contributed by atoms with van der Waals surface area (Å²) < 4.78 is 16.6. The molecule has 4 rings (SSSR count). The quantitative estimate of drug-likeness (QED) is 0.379. The number of carbonyl (C=O) groups excluding carboxylic acids is 1. The Morgan fingerprint density at radius 2 is 1.55 bits per heavy atom. The van der Waals surface area contributed by atoms with E-state index in [1.54, 1.807) is 31.2 Å². The second-order valence-electron chi connectivity index (χ2n) is 6.71. The van der Waals surface area contributed by atoms with Crippen LogP contribution in [0.4, 0.5) is 0 Å². The minimum atomic E-state index is -0.342. The molecular weight excluding hydrogens is 392 g/mol. The normalized spacial score (nSPS) is 10.5. The first-order chi connectivity index (χ1) is 15.2. The average molecular weight is 414 g/mol. The van der Waals surface area contributed by atoms with Crippen molar-refractivity contribution in [3.8, 4) is 28.5 Å². The van der Waals surface area contributed by atoms with Crippen LogP contribution >= 0.6 is 0 Å². The Kier molecular flexibility index (Phi) is 6.28. The highest BCUT2D eigenvalue weighted by Crippen LogP contribution is 2.25. The van der Waals surface area contributed by atoms with Gasteiger partial charge in [0.1, 0.15) is 29.7 Å². The molecule has 1 heterocycles. The van der Waals surface area contributed by atoms with E-state index in [-0.39, 0.29) is 5.97 Å². The lowest BCUT2D eigenvalue weighted by Crippen LogP contribution is -2.03. The third-order valence-corrected chi connectivity index (χ3v) is 4.50. The smallest absolute Gasteiger partial charge is 0.338 e. The van der Waals surface area contributed by atoms with Crippen molar-refractivity contribution < 1.29 is 19.0 Å². The van der Waals surface area contributed by atoms with Crippen LogP contribution in [0, 0.1) is 0 Å². The van der Waals surface area contributed by atoms with Crippen LogP contribution in [0.15, 0.2) is 85.1 Å². The van der Waals surface area contributed by atoms with Crippen molar-refractivity contribution >= 4 is 5.97 Å². The van der Waals surface area contributed by atoms with E-state index in [1.165, 1.54) is 0 Å². The molecule has 0 saturated heterocycles. The molecule has 31 heavy (non-hydrogen) atoms. The fourth-order valence-corrected chi connectivity index (χ4v) is 2.96. The van der Waals surface area contributed by atoms with Gasteiger partial charge >= 0.3 is 5.97 Å². The lowest BCUT2D eigenvalue weighted by molar-refractivity contribution is 0.0526. The Hall–Kier alpha value is -4.06. The molecule has 156 valence electrons. The van der Waals surface area contributed by atoms with Gasteiger partial charge in [-0.3, -0.25) is 0 Å². The molecule has 1 aromatic heterocycles. The topological polar surface area (TPSA) is 73.4 Å². The van der Waals surface area contributed by atoms with Gasteiger partial charge < -0.3 is 19.2 Å². The van der Waals surface area contributed by atoms with Gasteiger partial charge in [-0.25, -0.2) is 9.78 Å². The number of H-pyrrole nitrogens is 1. The van der Waals surface area contributed by atoms with Crippen LogP contribution in [0.25, 0.3) is 11.3 Å². The highest BCUT2D eigenvalue weighted by Gasteiger charge is 2.08. The number of para-hydroxylation sites is 1. The van der Waals surface area contributed by atoms with E-state index in [2.05, 4.69) is 9.97 Å². The van der Waals surface area contributed by atoms with Gasteiger partial charge in [-0.05, 0) is 67.6 Å². The van der Waals surface area contributed by atoms with Gasteiger partial charge in [-0.2, -0.15) is 0 Å². The summed E-state index contributed by atoms with van der Waals surface area (Å²) in [5.74, 6) is 2.54. The number of benzene rings is 3. The van der Waals surface area contributed by atoms with E-state index in [4.69, 9.17) is 14.2 Å². The zero-order chi connectivity index (χ0) is 21.5. The maximum atomic E-state index is 11.7. The van der Waals surface area contributed by atoms with Gasteiger partial charge in [-0.15, -0.1) is 0 Å². The van der Waals surface area contributed by atoms with Gasteiger partial charge in [0, 0.05) is 11.8 Å². The van der Waals surface area contributed by atoms with E-state index >= 15 is 0 Å². The van der Waals surface area contributed by atoms with Crippen molar-refractivity contribution in [2.75, 3.05) is 6.61 Å². The molecule has 0 bridgehead atoms. The van der Waals surface area contributed by atoms with Gasteiger partial charge in [0.2, 0.25) is 0 Å². The molecule has 0 spiro atoms. The Morgan fingerprint density at radius 3 is 2.23 bits per heavy atom. The summed E-state index contributed by atoms with van der Waals surface area (Å²) >= 11 is 0. The number of ether oxygens (including phenoxy) is 3. The lowest BCUT2D eigenvalue weighted by atomic mass is 10.1.